The fourth-order valence-corrected chi connectivity index (χ4v) is 2.27. The van der Waals surface area contributed by atoms with E-state index in [1.807, 2.05) is 18.2 Å². The van der Waals surface area contributed by atoms with Crippen molar-refractivity contribution in [3.8, 4) is 0 Å². The van der Waals surface area contributed by atoms with Crippen LogP contribution in [0.15, 0.2) is 24.3 Å². The highest BCUT2D eigenvalue weighted by molar-refractivity contribution is 6.03. The van der Waals surface area contributed by atoms with Gasteiger partial charge in [0.15, 0.2) is 0 Å². The van der Waals surface area contributed by atoms with Crippen LogP contribution < -0.4 is 15.5 Å². The van der Waals surface area contributed by atoms with Gasteiger partial charge in [0.2, 0.25) is 5.91 Å². The number of carbonyl (C=O) groups is 1. The molecular weight excluding hydrogens is 190 g/mol. The minimum absolute atomic E-state index is 0.0475. The fourth-order valence-electron chi connectivity index (χ4n) is 2.27. The number of carbonyl (C=O) groups excluding carboxylic acids is 1. The lowest BCUT2D eigenvalue weighted by molar-refractivity contribution is -0.117. The van der Waals surface area contributed by atoms with E-state index in [0.29, 0.717) is 0 Å². The smallest absolute Gasteiger partial charge is 0.248 e. The number of hydrogen-bond donors (Lipinski definition) is 2. The van der Waals surface area contributed by atoms with Gasteiger partial charge in [-0.25, -0.2) is 0 Å². The predicted octanol–water partition coefficient (Wildman–Crippen LogP) is 0.417. The first-order valence-electron chi connectivity index (χ1n) is 5.23. The van der Waals surface area contributed by atoms with E-state index in [9.17, 15) is 4.79 Å². The maximum absolute atomic E-state index is 11.8. The van der Waals surface area contributed by atoms with Crippen molar-refractivity contribution in [1.29, 1.82) is 0 Å². The summed E-state index contributed by atoms with van der Waals surface area (Å²) in [4.78, 5) is 14.0. The van der Waals surface area contributed by atoms with Crippen LogP contribution in [0.3, 0.4) is 0 Å². The Balaban J connectivity index is 2.06. The molecule has 1 unspecified atom stereocenters. The van der Waals surface area contributed by atoms with Crippen molar-refractivity contribution in [2.24, 2.45) is 0 Å². The lowest BCUT2D eigenvalue weighted by Gasteiger charge is -2.41. The molecule has 4 nitrogen and oxygen atoms in total. The van der Waals surface area contributed by atoms with Crippen molar-refractivity contribution < 1.29 is 4.79 Å². The van der Waals surface area contributed by atoms with E-state index in [4.69, 9.17) is 0 Å². The highest BCUT2D eigenvalue weighted by Gasteiger charge is 2.33. The molecule has 15 heavy (non-hydrogen) atoms. The Morgan fingerprint density at radius 3 is 3.13 bits per heavy atom. The summed E-state index contributed by atoms with van der Waals surface area (Å²) < 4.78 is 0. The van der Waals surface area contributed by atoms with Crippen LogP contribution in [0, 0.1) is 0 Å². The van der Waals surface area contributed by atoms with Gasteiger partial charge in [-0.3, -0.25) is 4.79 Å². The molecule has 3 rings (SSSR count). The van der Waals surface area contributed by atoms with Crippen LogP contribution in [0.1, 0.15) is 0 Å². The fraction of sp³-hybridized carbons (Fsp3) is 0.364. The van der Waals surface area contributed by atoms with Crippen LogP contribution in [0.25, 0.3) is 0 Å². The molecule has 0 radical (unpaired) electrons. The standard InChI is InChI=1S/C11H13N3O/c15-11-10-7-12-5-6-14(10)9-4-2-1-3-8(9)13-11/h1-4,10,12H,5-7H2,(H,13,15). The van der Waals surface area contributed by atoms with Crippen molar-refractivity contribution in [2.75, 3.05) is 29.9 Å². The lowest BCUT2D eigenvalue weighted by atomic mass is 10.1. The number of para-hydroxylation sites is 2. The van der Waals surface area contributed by atoms with E-state index < -0.39 is 0 Å². The van der Waals surface area contributed by atoms with Crippen LogP contribution >= 0.6 is 0 Å². The molecule has 2 heterocycles. The second kappa shape index (κ2) is 3.24. The van der Waals surface area contributed by atoms with Gasteiger partial charge >= 0.3 is 0 Å². The number of nitrogens with one attached hydrogen (secondary N) is 2. The second-order valence-electron chi connectivity index (χ2n) is 3.92. The molecular formula is C11H13N3O. The van der Waals surface area contributed by atoms with E-state index in [0.717, 1.165) is 31.0 Å². The first-order chi connectivity index (χ1) is 7.36. The van der Waals surface area contributed by atoms with E-state index in [1.165, 1.54) is 0 Å². The number of fused-ring (bicyclic) bond motifs is 3. The minimum Gasteiger partial charge on any atom is -0.356 e. The molecule has 0 bridgehead atoms. The summed E-state index contributed by atoms with van der Waals surface area (Å²) in [5.41, 5.74) is 2.07. The first kappa shape index (κ1) is 8.73. The Labute approximate surface area is 88.3 Å². The third kappa shape index (κ3) is 1.29. The van der Waals surface area contributed by atoms with Gasteiger partial charge in [0.25, 0.3) is 0 Å². The lowest BCUT2D eigenvalue weighted by Crippen LogP contribution is -2.58. The number of amides is 1. The van der Waals surface area contributed by atoms with Gasteiger partial charge in [0.05, 0.1) is 11.4 Å². The van der Waals surface area contributed by atoms with Gasteiger partial charge in [0, 0.05) is 19.6 Å². The Kier molecular flexibility index (Phi) is 1.89. The molecule has 0 saturated carbocycles. The Morgan fingerprint density at radius 1 is 1.33 bits per heavy atom. The van der Waals surface area contributed by atoms with Gasteiger partial charge in [-0.2, -0.15) is 0 Å². The third-order valence-corrected chi connectivity index (χ3v) is 3.02. The third-order valence-electron chi connectivity index (χ3n) is 3.02. The molecule has 1 fully saturated rings. The number of anilines is 2. The topological polar surface area (TPSA) is 44.4 Å². The average Bonchev–Trinajstić information content (AvgIpc) is 2.30. The normalized spacial score (nSPS) is 24.1. The maximum atomic E-state index is 11.8. The maximum Gasteiger partial charge on any atom is 0.248 e. The molecule has 78 valence electrons. The van der Waals surface area contributed by atoms with E-state index >= 15 is 0 Å². The molecule has 2 aliphatic heterocycles. The molecule has 4 heteroatoms. The summed E-state index contributed by atoms with van der Waals surface area (Å²) in [6, 6.07) is 7.92. The van der Waals surface area contributed by atoms with E-state index in [-0.39, 0.29) is 11.9 Å². The monoisotopic (exact) mass is 203 g/mol. The van der Waals surface area contributed by atoms with Crippen LogP contribution in [0.5, 0.6) is 0 Å². The summed E-state index contributed by atoms with van der Waals surface area (Å²) in [6.07, 6.45) is 0. The minimum atomic E-state index is -0.0475. The van der Waals surface area contributed by atoms with Gasteiger partial charge in [-0.05, 0) is 12.1 Å². The largest absolute Gasteiger partial charge is 0.356 e. The SMILES string of the molecule is O=C1Nc2ccccc2N2CCNCC12. The molecule has 2 N–H and O–H groups in total. The van der Waals surface area contributed by atoms with Crippen molar-refractivity contribution in [3.63, 3.8) is 0 Å². The molecule has 1 saturated heterocycles. The van der Waals surface area contributed by atoms with Crippen LogP contribution in [-0.2, 0) is 4.79 Å². The Morgan fingerprint density at radius 2 is 2.20 bits per heavy atom. The summed E-state index contributed by atoms with van der Waals surface area (Å²) >= 11 is 0. The van der Waals surface area contributed by atoms with Gasteiger partial charge in [-0.1, -0.05) is 12.1 Å². The zero-order valence-electron chi connectivity index (χ0n) is 8.36. The van der Waals surface area contributed by atoms with Crippen molar-refractivity contribution >= 4 is 17.3 Å². The molecule has 1 atom stereocenters. The van der Waals surface area contributed by atoms with Gasteiger partial charge in [-0.15, -0.1) is 0 Å². The molecule has 0 aliphatic carbocycles. The molecule has 0 aromatic heterocycles. The summed E-state index contributed by atoms with van der Waals surface area (Å²) in [7, 11) is 0. The zero-order valence-corrected chi connectivity index (χ0v) is 8.36. The summed E-state index contributed by atoms with van der Waals surface area (Å²) in [5, 5.41) is 6.18. The van der Waals surface area contributed by atoms with Crippen LogP contribution in [-0.4, -0.2) is 31.6 Å². The number of hydrogen-bond acceptors (Lipinski definition) is 3. The zero-order chi connectivity index (χ0) is 10.3. The Bertz CT molecular complexity index is 405. The van der Waals surface area contributed by atoms with E-state index in [2.05, 4.69) is 21.6 Å². The van der Waals surface area contributed by atoms with Crippen molar-refractivity contribution in [3.05, 3.63) is 24.3 Å². The first-order valence-corrected chi connectivity index (χ1v) is 5.23. The molecule has 1 aromatic rings. The van der Waals surface area contributed by atoms with Crippen LogP contribution in [0.4, 0.5) is 11.4 Å². The van der Waals surface area contributed by atoms with E-state index in [1.54, 1.807) is 0 Å². The molecule has 2 aliphatic rings. The number of benzene rings is 1. The summed E-state index contributed by atoms with van der Waals surface area (Å²) in [6.45, 7) is 2.58. The van der Waals surface area contributed by atoms with Crippen molar-refractivity contribution in [2.45, 2.75) is 6.04 Å². The quantitative estimate of drug-likeness (QED) is 0.642. The van der Waals surface area contributed by atoms with Gasteiger partial charge in [0.1, 0.15) is 6.04 Å². The second-order valence-corrected chi connectivity index (χ2v) is 3.92. The number of nitrogens with zero attached hydrogens (tertiary/aromatic N) is 1. The number of rotatable bonds is 0. The predicted molar refractivity (Wildman–Crippen MR) is 59.1 cm³/mol. The molecule has 1 amide bonds. The van der Waals surface area contributed by atoms with Crippen molar-refractivity contribution in [1.82, 2.24) is 5.32 Å². The van der Waals surface area contributed by atoms with Crippen LogP contribution in [0.2, 0.25) is 0 Å². The van der Waals surface area contributed by atoms with Gasteiger partial charge < -0.3 is 15.5 Å². The Hall–Kier alpha value is -1.55. The highest BCUT2D eigenvalue weighted by Crippen LogP contribution is 2.31. The number of piperazine rings is 1. The highest BCUT2D eigenvalue weighted by atomic mass is 16.2. The molecule has 1 aromatic carbocycles. The average molecular weight is 203 g/mol. The molecule has 0 spiro atoms. The summed E-state index contributed by atoms with van der Waals surface area (Å²) in [5.74, 6) is 0.0981.